The molecule has 0 spiro atoms. The largest absolute Gasteiger partial charge is 0.465 e. The average molecular weight is 221 g/mol. The second-order valence-corrected chi connectivity index (χ2v) is 3.93. The van der Waals surface area contributed by atoms with Gasteiger partial charge in [0.1, 0.15) is 0 Å². The third-order valence-electron chi connectivity index (χ3n) is 2.80. The van der Waals surface area contributed by atoms with Gasteiger partial charge in [0.05, 0.1) is 5.69 Å². The smallest absolute Gasteiger partial charge is 0.407 e. The molecule has 1 aromatic heterocycles. The summed E-state index contributed by atoms with van der Waals surface area (Å²) >= 11 is 0. The summed E-state index contributed by atoms with van der Waals surface area (Å²) in [6.45, 7) is 1.21. The number of nitrogens with one attached hydrogen (secondary N) is 1. The molecule has 0 radical (unpaired) electrons. The third kappa shape index (κ3) is 2.62. The van der Waals surface area contributed by atoms with Gasteiger partial charge in [-0.2, -0.15) is 0 Å². The van der Waals surface area contributed by atoms with Crippen molar-refractivity contribution in [1.82, 2.24) is 9.88 Å². The van der Waals surface area contributed by atoms with Gasteiger partial charge in [-0.05, 0) is 25.0 Å². The van der Waals surface area contributed by atoms with Gasteiger partial charge in [0.2, 0.25) is 0 Å². The molecule has 86 valence electrons. The molecule has 0 aliphatic carbocycles. The van der Waals surface area contributed by atoms with Crippen LogP contribution in [0.3, 0.4) is 0 Å². The molecule has 1 aromatic rings. The second-order valence-electron chi connectivity index (χ2n) is 3.93. The quantitative estimate of drug-likeness (QED) is 0.796. The van der Waals surface area contributed by atoms with Crippen LogP contribution in [-0.4, -0.2) is 40.2 Å². The minimum atomic E-state index is -0.820. The van der Waals surface area contributed by atoms with E-state index in [0.717, 1.165) is 18.5 Å². The summed E-state index contributed by atoms with van der Waals surface area (Å²) in [5.41, 5.74) is 0.997. The SMILES string of the molecule is O=C(O)N1CCC(Nc2cccnc2)CC1. The molecule has 1 aliphatic rings. The number of pyridine rings is 1. The van der Waals surface area contributed by atoms with Crippen LogP contribution in [0.15, 0.2) is 24.5 Å². The lowest BCUT2D eigenvalue weighted by atomic mass is 10.1. The number of carboxylic acid groups (broad SMARTS) is 1. The van der Waals surface area contributed by atoms with Crippen molar-refractivity contribution in [2.75, 3.05) is 18.4 Å². The Labute approximate surface area is 94.1 Å². The van der Waals surface area contributed by atoms with Gasteiger partial charge < -0.3 is 15.3 Å². The zero-order valence-electron chi connectivity index (χ0n) is 8.97. The van der Waals surface area contributed by atoms with Gasteiger partial charge in [-0.25, -0.2) is 4.79 Å². The lowest BCUT2D eigenvalue weighted by Gasteiger charge is -2.30. The van der Waals surface area contributed by atoms with Gasteiger partial charge in [-0.1, -0.05) is 0 Å². The van der Waals surface area contributed by atoms with Crippen LogP contribution in [0.2, 0.25) is 0 Å². The fraction of sp³-hybridized carbons (Fsp3) is 0.455. The summed E-state index contributed by atoms with van der Waals surface area (Å²) in [6.07, 6.45) is 4.39. The fourth-order valence-corrected chi connectivity index (χ4v) is 1.90. The molecule has 0 aromatic carbocycles. The van der Waals surface area contributed by atoms with E-state index < -0.39 is 6.09 Å². The highest BCUT2D eigenvalue weighted by Gasteiger charge is 2.21. The molecule has 2 N–H and O–H groups in total. The van der Waals surface area contributed by atoms with Crippen molar-refractivity contribution >= 4 is 11.8 Å². The van der Waals surface area contributed by atoms with Crippen molar-refractivity contribution in [3.05, 3.63) is 24.5 Å². The van der Waals surface area contributed by atoms with E-state index in [4.69, 9.17) is 5.11 Å². The Balaban J connectivity index is 1.84. The first kappa shape index (κ1) is 10.7. The Morgan fingerprint density at radius 1 is 1.50 bits per heavy atom. The molecular weight excluding hydrogens is 206 g/mol. The van der Waals surface area contributed by atoms with Crippen LogP contribution in [0.4, 0.5) is 10.5 Å². The van der Waals surface area contributed by atoms with E-state index in [-0.39, 0.29) is 0 Å². The van der Waals surface area contributed by atoms with Gasteiger partial charge in [0, 0.05) is 31.5 Å². The van der Waals surface area contributed by atoms with Gasteiger partial charge in [0.15, 0.2) is 0 Å². The number of hydrogen-bond acceptors (Lipinski definition) is 3. The first-order valence-corrected chi connectivity index (χ1v) is 5.40. The fourth-order valence-electron chi connectivity index (χ4n) is 1.90. The first-order chi connectivity index (χ1) is 7.75. The molecule has 0 atom stereocenters. The minimum absolute atomic E-state index is 0.347. The van der Waals surface area contributed by atoms with E-state index in [9.17, 15) is 4.79 Å². The van der Waals surface area contributed by atoms with E-state index in [1.807, 2.05) is 12.1 Å². The van der Waals surface area contributed by atoms with Crippen LogP contribution in [0.5, 0.6) is 0 Å². The molecule has 0 bridgehead atoms. The first-order valence-electron chi connectivity index (χ1n) is 5.40. The molecule has 5 heteroatoms. The van der Waals surface area contributed by atoms with Crippen LogP contribution in [0.1, 0.15) is 12.8 Å². The number of piperidine rings is 1. The number of likely N-dealkylation sites (tertiary alicyclic amines) is 1. The molecule has 16 heavy (non-hydrogen) atoms. The molecule has 5 nitrogen and oxygen atoms in total. The Hall–Kier alpha value is -1.78. The topological polar surface area (TPSA) is 65.5 Å². The summed E-state index contributed by atoms with van der Waals surface area (Å²) in [5.74, 6) is 0. The lowest BCUT2D eigenvalue weighted by molar-refractivity contribution is 0.134. The van der Waals surface area contributed by atoms with E-state index >= 15 is 0 Å². The summed E-state index contributed by atoms with van der Waals surface area (Å²) in [4.78, 5) is 16.2. The van der Waals surface area contributed by atoms with Crippen molar-refractivity contribution in [1.29, 1.82) is 0 Å². The maximum absolute atomic E-state index is 10.7. The monoisotopic (exact) mass is 221 g/mol. The second kappa shape index (κ2) is 4.83. The molecular formula is C11H15N3O2. The number of anilines is 1. The van der Waals surface area contributed by atoms with Crippen LogP contribution >= 0.6 is 0 Å². The van der Waals surface area contributed by atoms with Crippen LogP contribution in [-0.2, 0) is 0 Å². The maximum atomic E-state index is 10.7. The van der Waals surface area contributed by atoms with E-state index in [0.29, 0.717) is 19.1 Å². The molecule has 0 unspecified atom stereocenters. The standard InChI is InChI=1S/C11H15N3O2/c15-11(16)14-6-3-9(4-7-14)13-10-2-1-5-12-8-10/h1-2,5,8-9,13H,3-4,6-7H2,(H,15,16). The van der Waals surface area contributed by atoms with Crippen molar-refractivity contribution in [2.24, 2.45) is 0 Å². The molecule has 1 aliphatic heterocycles. The maximum Gasteiger partial charge on any atom is 0.407 e. The van der Waals surface area contributed by atoms with Gasteiger partial charge >= 0.3 is 6.09 Å². The van der Waals surface area contributed by atoms with Crippen LogP contribution in [0, 0.1) is 0 Å². The van der Waals surface area contributed by atoms with Gasteiger partial charge in [-0.3, -0.25) is 4.98 Å². The highest BCUT2D eigenvalue weighted by atomic mass is 16.4. The minimum Gasteiger partial charge on any atom is -0.465 e. The summed E-state index contributed by atoms with van der Waals surface area (Å²) < 4.78 is 0. The van der Waals surface area contributed by atoms with Crippen LogP contribution in [0.25, 0.3) is 0 Å². The van der Waals surface area contributed by atoms with Gasteiger partial charge in [-0.15, -0.1) is 0 Å². The molecule has 2 heterocycles. The molecule has 1 amide bonds. The predicted molar refractivity (Wildman–Crippen MR) is 60.5 cm³/mol. The van der Waals surface area contributed by atoms with E-state index in [1.165, 1.54) is 4.90 Å². The lowest BCUT2D eigenvalue weighted by Crippen LogP contribution is -2.41. The van der Waals surface area contributed by atoms with Gasteiger partial charge in [0.25, 0.3) is 0 Å². The average Bonchev–Trinajstić information content (AvgIpc) is 2.31. The Morgan fingerprint density at radius 2 is 2.25 bits per heavy atom. The van der Waals surface area contributed by atoms with Crippen LogP contribution < -0.4 is 5.32 Å². The third-order valence-corrected chi connectivity index (χ3v) is 2.80. The zero-order valence-corrected chi connectivity index (χ0v) is 8.97. The Morgan fingerprint density at radius 3 is 2.81 bits per heavy atom. The summed E-state index contributed by atoms with van der Waals surface area (Å²) in [6, 6.07) is 4.20. The molecule has 1 fully saturated rings. The number of amides is 1. The number of nitrogens with zero attached hydrogens (tertiary/aromatic N) is 2. The van der Waals surface area contributed by atoms with E-state index in [2.05, 4.69) is 10.3 Å². The molecule has 2 rings (SSSR count). The summed E-state index contributed by atoms with van der Waals surface area (Å²) in [5, 5.41) is 12.2. The van der Waals surface area contributed by atoms with E-state index in [1.54, 1.807) is 12.4 Å². The van der Waals surface area contributed by atoms with Crippen molar-refractivity contribution in [3.8, 4) is 0 Å². The Kier molecular flexibility index (Phi) is 3.24. The normalized spacial score (nSPS) is 17.1. The van der Waals surface area contributed by atoms with Crippen molar-refractivity contribution in [2.45, 2.75) is 18.9 Å². The highest BCUT2D eigenvalue weighted by Crippen LogP contribution is 2.15. The highest BCUT2D eigenvalue weighted by molar-refractivity contribution is 5.65. The molecule has 1 saturated heterocycles. The molecule has 0 saturated carbocycles. The number of hydrogen-bond donors (Lipinski definition) is 2. The number of carbonyl (C=O) groups is 1. The number of aromatic nitrogens is 1. The summed E-state index contributed by atoms with van der Waals surface area (Å²) in [7, 11) is 0. The zero-order chi connectivity index (χ0) is 11.4. The van der Waals surface area contributed by atoms with Crippen molar-refractivity contribution < 1.29 is 9.90 Å². The predicted octanol–water partition coefficient (Wildman–Crippen LogP) is 1.64. The Bertz CT molecular complexity index is 348. The van der Waals surface area contributed by atoms with Crippen molar-refractivity contribution in [3.63, 3.8) is 0 Å². The number of rotatable bonds is 2.